The molecular weight excluding hydrogens is 469 g/mol. The predicted molar refractivity (Wildman–Crippen MR) is 138 cm³/mol. The lowest BCUT2D eigenvalue weighted by atomic mass is 9.92. The number of hydrogen-bond donors (Lipinski definition) is 2. The second-order valence-corrected chi connectivity index (χ2v) is 10.2. The maximum Gasteiger partial charge on any atom is 0.322 e. The third-order valence-electron chi connectivity index (χ3n) is 5.12. The summed E-state index contributed by atoms with van der Waals surface area (Å²) in [4.78, 5) is 27.4. The number of hydrogen-bond acceptors (Lipinski definition) is 3. The van der Waals surface area contributed by atoms with Crippen LogP contribution in [-0.4, -0.2) is 39.7 Å². The summed E-state index contributed by atoms with van der Waals surface area (Å²) in [5.41, 5.74) is 1.75. The van der Waals surface area contributed by atoms with Gasteiger partial charge in [0, 0.05) is 23.7 Å². The third kappa shape index (κ3) is 7.05. The SMILES string of the molecule is CC(C)CN(CC(=O)Nc1cc(C(C)(C)C)nn1-c1ccccc1)C(=O)Nc1ccc(F)c(Cl)c1. The average Bonchev–Trinajstić information content (AvgIpc) is 3.20. The molecule has 7 nitrogen and oxygen atoms in total. The number of urea groups is 1. The number of rotatable bonds is 7. The summed E-state index contributed by atoms with van der Waals surface area (Å²) < 4.78 is 15.1. The van der Waals surface area contributed by atoms with Gasteiger partial charge in [0.25, 0.3) is 0 Å². The molecule has 0 unspecified atom stereocenters. The minimum atomic E-state index is -0.576. The van der Waals surface area contributed by atoms with Crippen LogP contribution in [0.5, 0.6) is 0 Å². The van der Waals surface area contributed by atoms with Crippen molar-refractivity contribution in [3.8, 4) is 5.69 Å². The summed E-state index contributed by atoms with van der Waals surface area (Å²) in [6.07, 6.45) is 0. The zero-order chi connectivity index (χ0) is 25.8. The van der Waals surface area contributed by atoms with E-state index < -0.39 is 11.8 Å². The highest BCUT2D eigenvalue weighted by Gasteiger charge is 2.23. The van der Waals surface area contributed by atoms with Gasteiger partial charge >= 0.3 is 6.03 Å². The Balaban J connectivity index is 1.80. The molecule has 0 saturated heterocycles. The number of amides is 3. The highest BCUT2D eigenvalue weighted by atomic mass is 35.5. The molecular formula is C26H31ClFN5O2. The van der Waals surface area contributed by atoms with Gasteiger partial charge in [-0.2, -0.15) is 5.10 Å². The molecule has 186 valence electrons. The van der Waals surface area contributed by atoms with Crippen LogP contribution < -0.4 is 10.6 Å². The first-order valence-electron chi connectivity index (χ1n) is 11.4. The zero-order valence-electron chi connectivity index (χ0n) is 20.6. The van der Waals surface area contributed by atoms with Crippen LogP contribution in [0.15, 0.2) is 54.6 Å². The van der Waals surface area contributed by atoms with Crippen molar-refractivity contribution in [2.24, 2.45) is 5.92 Å². The number of nitrogens with zero attached hydrogens (tertiary/aromatic N) is 3. The maximum absolute atomic E-state index is 13.5. The van der Waals surface area contributed by atoms with E-state index in [-0.39, 0.29) is 28.8 Å². The molecule has 0 aliphatic rings. The number of carbonyl (C=O) groups is 2. The van der Waals surface area contributed by atoms with Crippen molar-refractivity contribution in [1.82, 2.24) is 14.7 Å². The van der Waals surface area contributed by atoms with Crippen molar-refractivity contribution in [1.29, 1.82) is 0 Å². The van der Waals surface area contributed by atoms with Gasteiger partial charge in [0.15, 0.2) is 0 Å². The normalized spacial score (nSPS) is 11.4. The van der Waals surface area contributed by atoms with E-state index in [1.165, 1.54) is 23.1 Å². The third-order valence-corrected chi connectivity index (χ3v) is 5.41. The molecule has 3 aromatic rings. The van der Waals surface area contributed by atoms with Gasteiger partial charge in [-0.3, -0.25) is 4.79 Å². The van der Waals surface area contributed by atoms with Gasteiger partial charge in [-0.25, -0.2) is 13.9 Å². The van der Waals surface area contributed by atoms with Gasteiger partial charge in [0.1, 0.15) is 18.2 Å². The summed E-state index contributed by atoms with van der Waals surface area (Å²) in [6.45, 7) is 10.2. The Labute approximate surface area is 210 Å². The first-order chi connectivity index (χ1) is 16.4. The number of halogens is 2. The standard InChI is InChI=1S/C26H31ClFN5O2/c1-17(2)15-32(25(35)29-18-11-12-21(28)20(27)13-18)16-24(34)30-23-14-22(26(3,4)5)31-33(23)19-9-7-6-8-10-19/h6-14,17H,15-16H2,1-5H3,(H,29,35)(H,30,34). The van der Waals surface area contributed by atoms with Crippen molar-refractivity contribution < 1.29 is 14.0 Å². The Kier molecular flexibility index (Phi) is 8.17. The molecule has 0 fully saturated rings. The lowest BCUT2D eigenvalue weighted by Gasteiger charge is -2.24. The van der Waals surface area contributed by atoms with Crippen LogP contribution in [-0.2, 0) is 10.2 Å². The summed E-state index contributed by atoms with van der Waals surface area (Å²) in [5, 5.41) is 10.2. The molecule has 2 aromatic carbocycles. The quantitative estimate of drug-likeness (QED) is 0.412. The van der Waals surface area contributed by atoms with E-state index in [4.69, 9.17) is 16.7 Å². The minimum Gasteiger partial charge on any atom is -0.315 e. The molecule has 0 saturated carbocycles. The van der Waals surface area contributed by atoms with Gasteiger partial charge in [-0.15, -0.1) is 0 Å². The van der Waals surface area contributed by atoms with Gasteiger partial charge in [0.2, 0.25) is 5.91 Å². The van der Waals surface area contributed by atoms with Gasteiger partial charge in [-0.05, 0) is 36.2 Å². The fraction of sp³-hybridized carbons (Fsp3) is 0.346. The second-order valence-electron chi connectivity index (χ2n) is 9.79. The van der Waals surface area contributed by atoms with E-state index in [0.29, 0.717) is 18.1 Å². The number of nitrogens with one attached hydrogen (secondary N) is 2. The second kappa shape index (κ2) is 10.9. The first kappa shape index (κ1) is 26.2. The van der Waals surface area contributed by atoms with Crippen LogP contribution in [0.1, 0.15) is 40.3 Å². The van der Waals surface area contributed by atoms with Crippen molar-refractivity contribution in [2.75, 3.05) is 23.7 Å². The van der Waals surface area contributed by atoms with E-state index in [1.807, 2.05) is 71.0 Å². The molecule has 0 spiro atoms. The largest absolute Gasteiger partial charge is 0.322 e. The number of anilines is 2. The molecule has 9 heteroatoms. The molecule has 0 bridgehead atoms. The van der Waals surface area contributed by atoms with E-state index in [2.05, 4.69) is 10.6 Å². The van der Waals surface area contributed by atoms with Crippen LogP contribution >= 0.6 is 11.6 Å². The van der Waals surface area contributed by atoms with Crippen LogP contribution in [0.25, 0.3) is 5.69 Å². The number of benzene rings is 2. The lowest BCUT2D eigenvalue weighted by molar-refractivity contribution is -0.116. The summed E-state index contributed by atoms with van der Waals surface area (Å²) in [5.74, 6) is -0.308. The Morgan fingerprint density at radius 1 is 1.09 bits per heavy atom. The molecule has 35 heavy (non-hydrogen) atoms. The highest BCUT2D eigenvalue weighted by molar-refractivity contribution is 6.31. The van der Waals surface area contributed by atoms with Crippen molar-refractivity contribution >= 4 is 35.0 Å². The monoisotopic (exact) mass is 499 g/mol. The molecule has 0 atom stereocenters. The molecule has 1 heterocycles. The average molecular weight is 500 g/mol. The molecule has 2 N–H and O–H groups in total. The van der Waals surface area contributed by atoms with Crippen molar-refractivity contribution in [3.63, 3.8) is 0 Å². The molecule has 3 amide bonds. The van der Waals surface area contributed by atoms with E-state index in [0.717, 1.165) is 11.4 Å². The lowest BCUT2D eigenvalue weighted by Crippen LogP contribution is -2.42. The molecule has 1 aromatic heterocycles. The molecule has 0 aliphatic heterocycles. The van der Waals surface area contributed by atoms with Crippen molar-refractivity contribution in [2.45, 2.75) is 40.0 Å². The summed E-state index contributed by atoms with van der Waals surface area (Å²) in [7, 11) is 0. The zero-order valence-corrected chi connectivity index (χ0v) is 21.4. The van der Waals surface area contributed by atoms with E-state index in [9.17, 15) is 14.0 Å². The van der Waals surface area contributed by atoms with Gasteiger partial charge in [-0.1, -0.05) is 64.4 Å². The predicted octanol–water partition coefficient (Wildman–Crippen LogP) is 6.09. The number of para-hydroxylation sites is 1. The van der Waals surface area contributed by atoms with Gasteiger partial charge in [0.05, 0.1) is 16.4 Å². The Morgan fingerprint density at radius 3 is 2.37 bits per heavy atom. The maximum atomic E-state index is 13.5. The Morgan fingerprint density at radius 2 is 1.77 bits per heavy atom. The van der Waals surface area contributed by atoms with E-state index in [1.54, 1.807) is 4.68 Å². The fourth-order valence-electron chi connectivity index (χ4n) is 3.39. The van der Waals surface area contributed by atoms with Crippen LogP contribution in [0, 0.1) is 11.7 Å². The smallest absolute Gasteiger partial charge is 0.315 e. The summed E-state index contributed by atoms with van der Waals surface area (Å²) in [6, 6.07) is 14.8. The first-order valence-corrected chi connectivity index (χ1v) is 11.8. The number of carbonyl (C=O) groups excluding carboxylic acids is 2. The van der Waals surface area contributed by atoms with Gasteiger partial charge < -0.3 is 15.5 Å². The molecule has 3 rings (SSSR count). The number of aromatic nitrogens is 2. The summed E-state index contributed by atoms with van der Waals surface area (Å²) >= 11 is 5.82. The Hall–Kier alpha value is -3.39. The Bertz CT molecular complexity index is 1190. The topological polar surface area (TPSA) is 79.3 Å². The minimum absolute atomic E-state index is 0.0974. The van der Waals surface area contributed by atoms with E-state index >= 15 is 0 Å². The van der Waals surface area contributed by atoms with Crippen LogP contribution in [0.3, 0.4) is 0 Å². The molecule has 0 aliphatic carbocycles. The fourth-order valence-corrected chi connectivity index (χ4v) is 3.58. The van der Waals surface area contributed by atoms with Crippen LogP contribution in [0.2, 0.25) is 5.02 Å². The van der Waals surface area contributed by atoms with Crippen molar-refractivity contribution in [3.05, 3.63) is 71.1 Å². The highest BCUT2D eigenvalue weighted by Crippen LogP contribution is 2.26. The van der Waals surface area contributed by atoms with Crippen LogP contribution in [0.4, 0.5) is 20.7 Å². The molecule has 0 radical (unpaired) electrons.